The van der Waals surface area contributed by atoms with Gasteiger partial charge in [-0.1, -0.05) is 6.92 Å². The Morgan fingerprint density at radius 2 is 2.19 bits per heavy atom. The average molecular weight is 289 g/mol. The van der Waals surface area contributed by atoms with Gasteiger partial charge in [0.05, 0.1) is 0 Å². The highest BCUT2D eigenvalue weighted by Gasteiger charge is 2.36. The zero-order chi connectivity index (χ0) is 15.0. The molecule has 1 amide bonds. The minimum absolute atomic E-state index is 0.266. The van der Waals surface area contributed by atoms with Crippen LogP contribution in [0.1, 0.15) is 43.6 Å². The fraction of sp³-hybridized carbons (Fsp3) is 0.500. The smallest absolute Gasteiger partial charge is 0.326 e. The number of carbonyl (C=O) groups is 2. The predicted molar refractivity (Wildman–Crippen MR) is 76.6 cm³/mol. The highest BCUT2D eigenvalue weighted by molar-refractivity contribution is 5.94. The number of amides is 1. The molecule has 2 heterocycles. The summed E-state index contributed by atoms with van der Waals surface area (Å²) in [5, 5.41) is 9.08. The van der Waals surface area contributed by atoms with Crippen LogP contribution in [-0.4, -0.2) is 34.5 Å². The Bertz CT molecular complexity index is 589. The van der Waals surface area contributed by atoms with Gasteiger partial charge in [-0.15, -0.1) is 0 Å². The van der Waals surface area contributed by atoms with E-state index in [4.69, 9.17) is 9.52 Å². The summed E-state index contributed by atoms with van der Waals surface area (Å²) in [6, 6.07) is 3.11. The van der Waals surface area contributed by atoms with Crippen LogP contribution in [0.3, 0.4) is 0 Å². The van der Waals surface area contributed by atoms with Gasteiger partial charge < -0.3 is 14.4 Å². The first-order valence-electron chi connectivity index (χ1n) is 7.37. The summed E-state index contributed by atoms with van der Waals surface area (Å²) in [5.74, 6) is 1.60. The van der Waals surface area contributed by atoms with E-state index >= 15 is 0 Å². The number of aliphatic carboxylic acids is 1. The SMILES string of the molecule is C[C@@H]1C[C@@H]1c1ccc(/C=C\C(=O)N2CCC[C@@H]2C(=O)O)o1. The largest absolute Gasteiger partial charge is 0.480 e. The molecule has 0 bridgehead atoms. The Labute approximate surface area is 123 Å². The Kier molecular flexibility index (Phi) is 3.57. The Morgan fingerprint density at radius 3 is 2.86 bits per heavy atom. The summed E-state index contributed by atoms with van der Waals surface area (Å²) < 4.78 is 5.69. The molecule has 1 aromatic heterocycles. The fourth-order valence-corrected chi connectivity index (χ4v) is 2.91. The van der Waals surface area contributed by atoms with Gasteiger partial charge in [0.1, 0.15) is 17.6 Å². The molecule has 0 unspecified atom stereocenters. The molecule has 1 aromatic rings. The minimum Gasteiger partial charge on any atom is -0.480 e. The third-order valence-electron chi connectivity index (χ3n) is 4.33. The van der Waals surface area contributed by atoms with Crippen molar-refractivity contribution < 1.29 is 19.1 Å². The molecule has 2 aliphatic rings. The lowest BCUT2D eigenvalue weighted by Crippen LogP contribution is -2.39. The molecule has 3 rings (SSSR count). The maximum atomic E-state index is 12.1. The standard InChI is InChI=1S/C16H19NO4/c1-10-9-12(10)14-6-4-11(21-14)5-7-15(18)17-8-2-3-13(17)16(19)20/h4-7,10,12-13H,2-3,8-9H2,1H3,(H,19,20)/b7-5-/t10-,12+,13-/m1/s1. The zero-order valence-electron chi connectivity index (χ0n) is 12.0. The molecule has 1 aliphatic carbocycles. The van der Waals surface area contributed by atoms with Crippen molar-refractivity contribution in [3.63, 3.8) is 0 Å². The molecule has 1 saturated heterocycles. The number of likely N-dealkylation sites (tertiary alicyclic amines) is 1. The topological polar surface area (TPSA) is 70.8 Å². The van der Waals surface area contributed by atoms with Gasteiger partial charge in [0.25, 0.3) is 0 Å². The van der Waals surface area contributed by atoms with Gasteiger partial charge in [0, 0.05) is 18.5 Å². The van der Waals surface area contributed by atoms with Gasteiger partial charge in [0.15, 0.2) is 0 Å². The molecule has 1 N–H and O–H groups in total. The zero-order valence-corrected chi connectivity index (χ0v) is 12.0. The maximum Gasteiger partial charge on any atom is 0.326 e. The van der Waals surface area contributed by atoms with Gasteiger partial charge in [-0.2, -0.15) is 0 Å². The van der Waals surface area contributed by atoms with Crippen LogP contribution in [-0.2, 0) is 9.59 Å². The molecule has 1 saturated carbocycles. The van der Waals surface area contributed by atoms with Crippen LogP contribution in [0.15, 0.2) is 22.6 Å². The molecular formula is C16H19NO4. The first-order valence-corrected chi connectivity index (χ1v) is 7.37. The van der Waals surface area contributed by atoms with Gasteiger partial charge in [-0.25, -0.2) is 4.79 Å². The lowest BCUT2D eigenvalue weighted by Gasteiger charge is -2.19. The summed E-state index contributed by atoms with van der Waals surface area (Å²) in [6.07, 6.45) is 5.44. The number of carbonyl (C=O) groups excluding carboxylic acids is 1. The van der Waals surface area contributed by atoms with Crippen LogP contribution in [0.25, 0.3) is 6.08 Å². The monoisotopic (exact) mass is 289 g/mol. The van der Waals surface area contributed by atoms with E-state index < -0.39 is 12.0 Å². The molecule has 0 radical (unpaired) electrons. The average Bonchev–Trinajstić information content (AvgIpc) is 2.90. The van der Waals surface area contributed by atoms with E-state index in [-0.39, 0.29) is 5.91 Å². The number of carboxylic acids is 1. The predicted octanol–water partition coefficient (Wildman–Crippen LogP) is 2.49. The second kappa shape index (κ2) is 5.39. The van der Waals surface area contributed by atoms with Crippen LogP contribution in [0.4, 0.5) is 0 Å². The van der Waals surface area contributed by atoms with Crippen molar-refractivity contribution in [3.8, 4) is 0 Å². The summed E-state index contributed by atoms with van der Waals surface area (Å²) in [7, 11) is 0. The van der Waals surface area contributed by atoms with Gasteiger partial charge >= 0.3 is 5.97 Å². The van der Waals surface area contributed by atoms with Gasteiger partial charge in [0.2, 0.25) is 5.91 Å². The lowest BCUT2D eigenvalue weighted by molar-refractivity contribution is -0.146. The van der Waals surface area contributed by atoms with Crippen LogP contribution in [0.5, 0.6) is 0 Å². The third-order valence-corrected chi connectivity index (χ3v) is 4.33. The van der Waals surface area contributed by atoms with E-state index in [9.17, 15) is 9.59 Å². The number of nitrogens with zero attached hydrogens (tertiary/aromatic N) is 1. The quantitative estimate of drug-likeness (QED) is 0.864. The number of hydrogen-bond acceptors (Lipinski definition) is 3. The van der Waals surface area contributed by atoms with Crippen LogP contribution in [0, 0.1) is 5.92 Å². The van der Waals surface area contributed by atoms with E-state index in [0.29, 0.717) is 30.6 Å². The minimum atomic E-state index is -0.933. The van der Waals surface area contributed by atoms with Crippen molar-refractivity contribution in [2.24, 2.45) is 5.92 Å². The van der Waals surface area contributed by atoms with Crippen LogP contribution >= 0.6 is 0 Å². The van der Waals surface area contributed by atoms with Crippen molar-refractivity contribution in [1.29, 1.82) is 0 Å². The summed E-state index contributed by atoms with van der Waals surface area (Å²) in [6.45, 7) is 2.69. The van der Waals surface area contributed by atoms with Gasteiger partial charge in [-0.3, -0.25) is 4.79 Å². The van der Waals surface area contributed by atoms with E-state index in [0.717, 1.165) is 18.6 Å². The number of carboxylic acid groups (broad SMARTS) is 1. The Balaban J connectivity index is 1.64. The summed E-state index contributed by atoms with van der Waals surface area (Å²) >= 11 is 0. The molecule has 112 valence electrons. The molecule has 3 atom stereocenters. The Hall–Kier alpha value is -2.04. The third kappa shape index (κ3) is 2.86. The highest BCUT2D eigenvalue weighted by Crippen LogP contribution is 2.47. The first-order chi connectivity index (χ1) is 10.1. The molecular weight excluding hydrogens is 270 g/mol. The van der Waals surface area contributed by atoms with E-state index in [2.05, 4.69) is 6.92 Å². The number of hydrogen-bond donors (Lipinski definition) is 1. The van der Waals surface area contributed by atoms with Crippen molar-refractivity contribution >= 4 is 18.0 Å². The molecule has 21 heavy (non-hydrogen) atoms. The van der Waals surface area contributed by atoms with Crippen molar-refractivity contribution in [2.45, 2.75) is 38.1 Å². The van der Waals surface area contributed by atoms with Crippen LogP contribution < -0.4 is 0 Å². The summed E-state index contributed by atoms with van der Waals surface area (Å²) in [4.78, 5) is 24.6. The molecule has 0 aromatic carbocycles. The lowest BCUT2D eigenvalue weighted by atomic mass is 10.2. The summed E-state index contributed by atoms with van der Waals surface area (Å²) in [5.41, 5.74) is 0. The second-order valence-electron chi connectivity index (χ2n) is 5.92. The molecule has 2 fully saturated rings. The maximum absolute atomic E-state index is 12.1. The molecule has 1 aliphatic heterocycles. The van der Waals surface area contributed by atoms with Crippen LogP contribution in [0.2, 0.25) is 0 Å². The molecule has 5 heteroatoms. The molecule has 5 nitrogen and oxygen atoms in total. The van der Waals surface area contributed by atoms with Crippen molar-refractivity contribution in [1.82, 2.24) is 4.90 Å². The van der Waals surface area contributed by atoms with E-state index in [1.165, 1.54) is 11.0 Å². The van der Waals surface area contributed by atoms with E-state index in [1.807, 2.05) is 12.1 Å². The van der Waals surface area contributed by atoms with E-state index in [1.54, 1.807) is 6.08 Å². The first kappa shape index (κ1) is 13.9. The Morgan fingerprint density at radius 1 is 1.43 bits per heavy atom. The normalized spacial score (nSPS) is 28.2. The molecule has 0 spiro atoms. The van der Waals surface area contributed by atoms with Gasteiger partial charge in [-0.05, 0) is 43.4 Å². The number of furan rings is 1. The highest BCUT2D eigenvalue weighted by atomic mass is 16.4. The second-order valence-corrected chi connectivity index (χ2v) is 5.92. The fourth-order valence-electron chi connectivity index (χ4n) is 2.91. The number of rotatable bonds is 4. The van der Waals surface area contributed by atoms with Crippen molar-refractivity contribution in [3.05, 3.63) is 29.7 Å². The van der Waals surface area contributed by atoms with Crippen molar-refractivity contribution in [2.75, 3.05) is 6.54 Å².